The Kier molecular flexibility index (Phi) is 2.62. The Bertz CT molecular complexity index is 434. The second kappa shape index (κ2) is 4.08. The summed E-state index contributed by atoms with van der Waals surface area (Å²) >= 11 is 0. The molecular formula is C10H13N5. The van der Waals surface area contributed by atoms with E-state index in [0.29, 0.717) is 0 Å². The summed E-state index contributed by atoms with van der Waals surface area (Å²) in [5.41, 5.74) is 2.33. The van der Waals surface area contributed by atoms with E-state index in [1.807, 2.05) is 37.0 Å². The van der Waals surface area contributed by atoms with E-state index in [1.165, 1.54) is 5.56 Å². The van der Waals surface area contributed by atoms with Crippen molar-refractivity contribution in [1.29, 1.82) is 0 Å². The molecule has 0 aromatic carbocycles. The highest BCUT2D eigenvalue weighted by Crippen LogP contribution is 2.08. The van der Waals surface area contributed by atoms with Crippen LogP contribution in [0.25, 0.3) is 0 Å². The lowest BCUT2D eigenvalue weighted by molar-refractivity contribution is 0.738. The van der Waals surface area contributed by atoms with Gasteiger partial charge in [-0.3, -0.25) is 4.68 Å². The maximum Gasteiger partial charge on any atom is 0.148 e. The Labute approximate surface area is 88.1 Å². The van der Waals surface area contributed by atoms with Crippen LogP contribution in [0.2, 0.25) is 0 Å². The van der Waals surface area contributed by atoms with Crippen LogP contribution < -0.4 is 5.32 Å². The van der Waals surface area contributed by atoms with Crippen LogP contribution in [0.4, 0.5) is 5.82 Å². The molecule has 0 saturated carbocycles. The van der Waals surface area contributed by atoms with Crippen molar-refractivity contribution in [3.05, 3.63) is 35.8 Å². The third-order valence-corrected chi connectivity index (χ3v) is 2.37. The first-order chi connectivity index (χ1) is 7.27. The molecule has 5 heteroatoms. The molecule has 0 amide bonds. The van der Waals surface area contributed by atoms with Gasteiger partial charge in [-0.15, -0.1) is 5.10 Å². The minimum absolute atomic E-state index is 0.721. The van der Waals surface area contributed by atoms with Gasteiger partial charge in [-0.25, -0.2) is 0 Å². The standard InChI is InChI=1S/C10H13N5/c1-8-9(7-13-15(8)2)6-11-10-4-3-5-12-14-10/h3-5,7H,6H2,1-2H3,(H,11,14). The number of aryl methyl sites for hydroxylation is 1. The maximum atomic E-state index is 4.17. The molecule has 0 fully saturated rings. The van der Waals surface area contributed by atoms with E-state index in [-0.39, 0.29) is 0 Å². The van der Waals surface area contributed by atoms with E-state index < -0.39 is 0 Å². The van der Waals surface area contributed by atoms with Crippen molar-refractivity contribution < 1.29 is 0 Å². The molecule has 0 aliphatic carbocycles. The van der Waals surface area contributed by atoms with E-state index in [1.54, 1.807) is 6.20 Å². The summed E-state index contributed by atoms with van der Waals surface area (Å²) in [6.45, 7) is 2.76. The average molecular weight is 203 g/mol. The zero-order valence-corrected chi connectivity index (χ0v) is 8.81. The summed E-state index contributed by atoms with van der Waals surface area (Å²) in [6.07, 6.45) is 3.51. The normalized spacial score (nSPS) is 10.3. The Morgan fingerprint density at radius 1 is 1.47 bits per heavy atom. The molecule has 5 nitrogen and oxygen atoms in total. The molecule has 0 saturated heterocycles. The van der Waals surface area contributed by atoms with Crippen LogP contribution in [0.1, 0.15) is 11.3 Å². The van der Waals surface area contributed by atoms with Gasteiger partial charge >= 0.3 is 0 Å². The van der Waals surface area contributed by atoms with Crippen LogP contribution in [-0.2, 0) is 13.6 Å². The van der Waals surface area contributed by atoms with Gasteiger partial charge in [0.25, 0.3) is 0 Å². The predicted octanol–water partition coefficient (Wildman–Crippen LogP) is 1.13. The van der Waals surface area contributed by atoms with Gasteiger partial charge in [0.1, 0.15) is 5.82 Å². The van der Waals surface area contributed by atoms with Crippen molar-refractivity contribution in [1.82, 2.24) is 20.0 Å². The zero-order valence-electron chi connectivity index (χ0n) is 8.81. The smallest absolute Gasteiger partial charge is 0.148 e. The van der Waals surface area contributed by atoms with Crippen molar-refractivity contribution >= 4 is 5.82 Å². The molecular weight excluding hydrogens is 190 g/mol. The molecule has 0 spiro atoms. The average Bonchev–Trinajstić information content (AvgIpc) is 2.59. The van der Waals surface area contributed by atoms with Crippen molar-refractivity contribution in [2.45, 2.75) is 13.5 Å². The molecule has 2 aromatic rings. The molecule has 0 atom stereocenters. The molecule has 0 radical (unpaired) electrons. The number of rotatable bonds is 3. The second-order valence-corrected chi connectivity index (χ2v) is 3.34. The second-order valence-electron chi connectivity index (χ2n) is 3.34. The molecule has 0 bridgehead atoms. The van der Waals surface area contributed by atoms with Gasteiger partial charge in [-0.05, 0) is 19.1 Å². The predicted molar refractivity (Wildman–Crippen MR) is 57.3 cm³/mol. The van der Waals surface area contributed by atoms with Crippen LogP contribution in [0.5, 0.6) is 0 Å². The van der Waals surface area contributed by atoms with Gasteiger partial charge in [0.05, 0.1) is 6.20 Å². The van der Waals surface area contributed by atoms with Crippen molar-refractivity contribution in [3.63, 3.8) is 0 Å². The maximum absolute atomic E-state index is 4.17. The first kappa shape index (κ1) is 9.64. The van der Waals surface area contributed by atoms with E-state index in [0.717, 1.165) is 18.1 Å². The number of aromatic nitrogens is 4. The zero-order chi connectivity index (χ0) is 10.7. The fraction of sp³-hybridized carbons (Fsp3) is 0.300. The highest BCUT2D eigenvalue weighted by atomic mass is 15.3. The van der Waals surface area contributed by atoms with Crippen LogP contribution >= 0.6 is 0 Å². The summed E-state index contributed by atoms with van der Waals surface area (Å²) in [4.78, 5) is 0. The van der Waals surface area contributed by atoms with Gasteiger partial charge < -0.3 is 5.32 Å². The summed E-state index contributed by atoms with van der Waals surface area (Å²) in [7, 11) is 1.93. The molecule has 2 aromatic heterocycles. The van der Waals surface area contributed by atoms with Gasteiger partial charge in [0.15, 0.2) is 0 Å². The summed E-state index contributed by atoms with van der Waals surface area (Å²) in [5.74, 6) is 0.778. The third kappa shape index (κ3) is 2.12. The highest BCUT2D eigenvalue weighted by molar-refractivity contribution is 5.33. The topological polar surface area (TPSA) is 55.6 Å². The van der Waals surface area contributed by atoms with Gasteiger partial charge in [0.2, 0.25) is 0 Å². The largest absolute Gasteiger partial charge is 0.364 e. The van der Waals surface area contributed by atoms with Crippen LogP contribution in [0.15, 0.2) is 24.5 Å². The molecule has 78 valence electrons. The summed E-state index contributed by atoms with van der Waals surface area (Å²) in [6, 6.07) is 3.74. The Balaban J connectivity index is 2.02. The number of nitrogens with one attached hydrogen (secondary N) is 1. The number of anilines is 1. The Morgan fingerprint density at radius 3 is 2.93 bits per heavy atom. The van der Waals surface area contributed by atoms with E-state index in [9.17, 15) is 0 Å². The van der Waals surface area contributed by atoms with E-state index in [4.69, 9.17) is 0 Å². The van der Waals surface area contributed by atoms with Gasteiger partial charge in [0, 0.05) is 31.0 Å². The van der Waals surface area contributed by atoms with Crippen LogP contribution in [-0.4, -0.2) is 20.0 Å². The molecule has 0 unspecified atom stereocenters. The SMILES string of the molecule is Cc1c(CNc2cccnn2)cnn1C. The lowest BCUT2D eigenvalue weighted by atomic mass is 10.2. The Hall–Kier alpha value is -1.91. The summed E-state index contributed by atoms with van der Waals surface area (Å²) in [5, 5.41) is 15.1. The fourth-order valence-corrected chi connectivity index (χ4v) is 1.30. The van der Waals surface area contributed by atoms with Crippen LogP contribution in [0, 0.1) is 6.92 Å². The van der Waals surface area contributed by atoms with Gasteiger partial charge in [-0.1, -0.05) is 0 Å². The highest BCUT2D eigenvalue weighted by Gasteiger charge is 2.02. The van der Waals surface area contributed by atoms with Crippen molar-refractivity contribution in [2.24, 2.45) is 7.05 Å². The minimum Gasteiger partial charge on any atom is -0.364 e. The first-order valence-electron chi connectivity index (χ1n) is 4.76. The minimum atomic E-state index is 0.721. The van der Waals surface area contributed by atoms with E-state index in [2.05, 4.69) is 20.6 Å². The quantitative estimate of drug-likeness (QED) is 0.812. The molecule has 2 rings (SSSR count). The lowest BCUT2D eigenvalue weighted by Gasteiger charge is -2.03. The number of nitrogens with zero attached hydrogens (tertiary/aromatic N) is 4. The number of hydrogen-bond acceptors (Lipinski definition) is 4. The van der Waals surface area contributed by atoms with E-state index >= 15 is 0 Å². The first-order valence-corrected chi connectivity index (χ1v) is 4.76. The van der Waals surface area contributed by atoms with Crippen molar-refractivity contribution in [3.8, 4) is 0 Å². The molecule has 0 aliphatic rings. The monoisotopic (exact) mass is 203 g/mol. The molecule has 15 heavy (non-hydrogen) atoms. The van der Waals surface area contributed by atoms with Gasteiger partial charge in [-0.2, -0.15) is 10.2 Å². The Morgan fingerprint density at radius 2 is 2.33 bits per heavy atom. The molecule has 0 aliphatic heterocycles. The lowest BCUT2D eigenvalue weighted by Crippen LogP contribution is -2.03. The van der Waals surface area contributed by atoms with Crippen molar-refractivity contribution in [2.75, 3.05) is 5.32 Å². The molecule has 1 N–H and O–H groups in total. The summed E-state index contributed by atoms with van der Waals surface area (Å²) < 4.78 is 1.85. The number of hydrogen-bond donors (Lipinski definition) is 1. The fourth-order valence-electron chi connectivity index (χ4n) is 1.30. The third-order valence-electron chi connectivity index (χ3n) is 2.37. The molecule has 2 heterocycles. The van der Waals surface area contributed by atoms with Crippen LogP contribution in [0.3, 0.4) is 0 Å².